The zero-order valence-electron chi connectivity index (χ0n) is 12.8. The van der Waals surface area contributed by atoms with Gasteiger partial charge in [-0.1, -0.05) is 13.0 Å². The molecule has 0 spiro atoms. The molecule has 0 unspecified atom stereocenters. The summed E-state index contributed by atoms with van der Waals surface area (Å²) in [6.07, 6.45) is 5.24. The standard InChI is InChI=1S/C9H12FNO.C8H10N2/c1-2-7-11-12-9-5-3-8(10)4-6-9;1-3-7-4-2-6-10-8(7)9-5-1/h3-6,11H,2,7H2,1H3;1,3,5H,2,4,6H2,(H,9,10). The van der Waals surface area contributed by atoms with Crippen molar-refractivity contribution in [3.63, 3.8) is 0 Å². The number of fused-ring (bicyclic) bond motifs is 1. The Bertz CT molecular complexity index is 535. The number of hydroxylamine groups is 1. The molecule has 1 aromatic heterocycles. The SMILES string of the molecule is CCCNOc1ccc(F)cc1.c1cnc2c(c1)CCCN2. The molecule has 2 aromatic rings. The summed E-state index contributed by atoms with van der Waals surface area (Å²) in [6, 6.07) is 10.0. The van der Waals surface area contributed by atoms with E-state index in [4.69, 9.17) is 4.84 Å². The molecule has 5 heteroatoms. The Morgan fingerprint density at radius 1 is 1.27 bits per heavy atom. The van der Waals surface area contributed by atoms with Gasteiger partial charge in [-0.3, -0.25) is 0 Å². The highest BCUT2D eigenvalue weighted by molar-refractivity contribution is 5.45. The maximum atomic E-state index is 12.4. The van der Waals surface area contributed by atoms with Crippen LogP contribution in [0.25, 0.3) is 0 Å². The van der Waals surface area contributed by atoms with Gasteiger partial charge in [-0.2, -0.15) is 5.48 Å². The van der Waals surface area contributed by atoms with Gasteiger partial charge in [-0.25, -0.2) is 9.37 Å². The van der Waals surface area contributed by atoms with Gasteiger partial charge in [-0.15, -0.1) is 0 Å². The van der Waals surface area contributed by atoms with Crippen molar-refractivity contribution in [3.8, 4) is 5.75 Å². The normalized spacial score (nSPS) is 12.5. The molecule has 2 N–H and O–H groups in total. The number of nitrogens with one attached hydrogen (secondary N) is 2. The second-order valence-electron chi connectivity index (χ2n) is 4.99. The first-order chi connectivity index (χ1) is 10.8. The fourth-order valence-electron chi connectivity index (χ4n) is 2.02. The van der Waals surface area contributed by atoms with Crippen LogP contribution in [-0.2, 0) is 6.42 Å². The third-order valence-electron chi connectivity index (χ3n) is 3.16. The summed E-state index contributed by atoms with van der Waals surface area (Å²) >= 11 is 0. The fraction of sp³-hybridized carbons (Fsp3) is 0.353. The number of rotatable bonds is 4. The van der Waals surface area contributed by atoms with Crippen molar-refractivity contribution >= 4 is 5.82 Å². The van der Waals surface area contributed by atoms with Gasteiger partial charge in [-0.05, 0) is 55.2 Å². The Kier molecular flexibility index (Phi) is 6.64. The van der Waals surface area contributed by atoms with Crippen LogP contribution >= 0.6 is 0 Å². The third-order valence-corrected chi connectivity index (χ3v) is 3.16. The lowest BCUT2D eigenvalue weighted by molar-refractivity contribution is 0.196. The van der Waals surface area contributed by atoms with Crippen LogP contribution in [0.1, 0.15) is 25.3 Å². The molecule has 0 aliphatic carbocycles. The van der Waals surface area contributed by atoms with Crippen LogP contribution in [0, 0.1) is 5.82 Å². The largest absolute Gasteiger partial charge is 0.409 e. The van der Waals surface area contributed by atoms with Crippen LogP contribution in [0.2, 0.25) is 0 Å². The average Bonchev–Trinajstić information content (AvgIpc) is 2.58. The minimum Gasteiger partial charge on any atom is -0.409 e. The molecule has 0 radical (unpaired) electrons. The Morgan fingerprint density at radius 2 is 2.09 bits per heavy atom. The second kappa shape index (κ2) is 9.00. The minimum absolute atomic E-state index is 0.252. The fourth-order valence-corrected chi connectivity index (χ4v) is 2.02. The maximum absolute atomic E-state index is 12.4. The first-order valence-electron chi connectivity index (χ1n) is 7.62. The number of halogens is 1. The van der Waals surface area contributed by atoms with E-state index in [-0.39, 0.29) is 5.82 Å². The molecular weight excluding hydrogens is 281 g/mol. The molecule has 0 atom stereocenters. The quantitative estimate of drug-likeness (QED) is 0.670. The Hall–Kier alpha value is -2.14. The first-order valence-corrected chi connectivity index (χ1v) is 7.62. The highest BCUT2D eigenvalue weighted by Crippen LogP contribution is 2.17. The van der Waals surface area contributed by atoms with E-state index >= 15 is 0 Å². The molecule has 118 valence electrons. The molecule has 0 saturated carbocycles. The predicted octanol–water partition coefficient (Wildman–Crippen LogP) is 3.56. The summed E-state index contributed by atoms with van der Waals surface area (Å²) in [5, 5.41) is 3.25. The van der Waals surface area contributed by atoms with E-state index in [2.05, 4.69) is 21.8 Å². The highest BCUT2D eigenvalue weighted by atomic mass is 19.1. The van der Waals surface area contributed by atoms with E-state index < -0.39 is 0 Å². The Labute approximate surface area is 130 Å². The van der Waals surface area contributed by atoms with Gasteiger partial charge in [0.05, 0.1) is 0 Å². The molecule has 0 fully saturated rings. The zero-order valence-corrected chi connectivity index (χ0v) is 12.8. The molecule has 2 heterocycles. The lowest BCUT2D eigenvalue weighted by Crippen LogP contribution is -2.18. The number of anilines is 1. The average molecular weight is 303 g/mol. The van der Waals surface area contributed by atoms with Crippen molar-refractivity contribution in [3.05, 3.63) is 54.0 Å². The van der Waals surface area contributed by atoms with Gasteiger partial charge in [0.1, 0.15) is 17.4 Å². The number of aromatic nitrogens is 1. The predicted molar refractivity (Wildman–Crippen MR) is 86.4 cm³/mol. The number of hydrogen-bond donors (Lipinski definition) is 2. The van der Waals surface area contributed by atoms with Crippen LogP contribution < -0.4 is 15.6 Å². The summed E-state index contributed by atoms with van der Waals surface area (Å²) in [5.74, 6) is 1.46. The summed E-state index contributed by atoms with van der Waals surface area (Å²) < 4.78 is 12.4. The van der Waals surface area contributed by atoms with E-state index in [1.165, 1.54) is 30.5 Å². The number of pyridine rings is 1. The van der Waals surface area contributed by atoms with E-state index in [0.29, 0.717) is 5.75 Å². The number of aryl methyl sites for hydroxylation is 1. The van der Waals surface area contributed by atoms with Crippen molar-refractivity contribution in [1.82, 2.24) is 10.5 Å². The van der Waals surface area contributed by atoms with Crippen LogP contribution in [0.5, 0.6) is 5.75 Å². The molecule has 22 heavy (non-hydrogen) atoms. The molecule has 0 bridgehead atoms. The first kappa shape index (κ1) is 16.2. The number of benzene rings is 1. The van der Waals surface area contributed by atoms with Crippen LogP contribution in [0.4, 0.5) is 10.2 Å². The number of hydrogen-bond acceptors (Lipinski definition) is 4. The summed E-state index contributed by atoms with van der Waals surface area (Å²) in [7, 11) is 0. The summed E-state index contributed by atoms with van der Waals surface area (Å²) in [5.41, 5.74) is 4.10. The molecule has 1 aliphatic heterocycles. The van der Waals surface area contributed by atoms with E-state index in [1.54, 1.807) is 12.1 Å². The van der Waals surface area contributed by atoms with E-state index in [9.17, 15) is 4.39 Å². The second-order valence-corrected chi connectivity index (χ2v) is 4.99. The molecular formula is C17H22FN3O. The zero-order chi connectivity index (χ0) is 15.6. The lowest BCUT2D eigenvalue weighted by Gasteiger charge is -2.15. The Balaban J connectivity index is 0.000000162. The Morgan fingerprint density at radius 3 is 2.82 bits per heavy atom. The van der Waals surface area contributed by atoms with Gasteiger partial charge < -0.3 is 10.2 Å². The third kappa shape index (κ3) is 5.33. The van der Waals surface area contributed by atoms with Crippen molar-refractivity contribution < 1.29 is 9.23 Å². The smallest absolute Gasteiger partial charge is 0.147 e. The van der Waals surface area contributed by atoms with Gasteiger partial charge in [0, 0.05) is 19.3 Å². The molecule has 4 nitrogen and oxygen atoms in total. The van der Waals surface area contributed by atoms with Crippen molar-refractivity contribution in [2.45, 2.75) is 26.2 Å². The lowest BCUT2D eigenvalue weighted by atomic mass is 10.1. The summed E-state index contributed by atoms with van der Waals surface area (Å²) in [4.78, 5) is 9.29. The van der Waals surface area contributed by atoms with Gasteiger partial charge >= 0.3 is 0 Å². The van der Waals surface area contributed by atoms with Crippen LogP contribution in [0.15, 0.2) is 42.6 Å². The van der Waals surface area contributed by atoms with Crippen LogP contribution in [0.3, 0.4) is 0 Å². The molecule has 3 rings (SSSR count). The van der Waals surface area contributed by atoms with Crippen molar-refractivity contribution in [2.24, 2.45) is 0 Å². The topological polar surface area (TPSA) is 46.2 Å². The van der Waals surface area contributed by atoms with Gasteiger partial charge in [0.15, 0.2) is 0 Å². The monoisotopic (exact) mass is 303 g/mol. The summed E-state index contributed by atoms with van der Waals surface area (Å²) in [6.45, 7) is 3.91. The van der Waals surface area contributed by atoms with Gasteiger partial charge in [0.25, 0.3) is 0 Å². The molecule has 0 saturated heterocycles. The number of nitrogens with zero attached hydrogens (tertiary/aromatic N) is 1. The van der Waals surface area contributed by atoms with Crippen molar-refractivity contribution in [1.29, 1.82) is 0 Å². The maximum Gasteiger partial charge on any atom is 0.147 e. The molecule has 0 amide bonds. The highest BCUT2D eigenvalue weighted by Gasteiger charge is 2.06. The van der Waals surface area contributed by atoms with E-state index in [0.717, 1.165) is 25.3 Å². The van der Waals surface area contributed by atoms with Gasteiger partial charge in [0.2, 0.25) is 0 Å². The van der Waals surface area contributed by atoms with Crippen molar-refractivity contribution in [2.75, 3.05) is 18.4 Å². The minimum atomic E-state index is -0.252. The molecule has 1 aromatic carbocycles. The van der Waals surface area contributed by atoms with E-state index in [1.807, 2.05) is 19.2 Å². The molecule has 1 aliphatic rings. The van der Waals surface area contributed by atoms with Crippen LogP contribution in [-0.4, -0.2) is 18.1 Å².